The van der Waals surface area contributed by atoms with E-state index in [1.54, 1.807) is 0 Å². The molecule has 0 radical (unpaired) electrons. The first kappa shape index (κ1) is 28.9. The predicted molar refractivity (Wildman–Crippen MR) is 126 cm³/mol. The van der Waals surface area contributed by atoms with Gasteiger partial charge in [0.1, 0.15) is 0 Å². The van der Waals surface area contributed by atoms with Crippen molar-refractivity contribution < 1.29 is 19.1 Å². The van der Waals surface area contributed by atoms with Crippen LogP contribution in [0.5, 0.6) is 0 Å². The minimum Gasteiger partial charge on any atom is -0.465 e. The molecule has 0 heterocycles. The van der Waals surface area contributed by atoms with Crippen molar-refractivity contribution in [2.75, 3.05) is 13.2 Å². The van der Waals surface area contributed by atoms with Crippen molar-refractivity contribution in [1.29, 1.82) is 0 Å². The average molecular weight is 427 g/mol. The molecule has 0 spiro atoms. The van der Waals surface area contributed by atoms with Gasteiger partial charge < -0.3 is 9.47 Å². The van der Waals surface area contributed by atoms with Crippen molar-refractivity contribution in [1.82, 2.24) is 0 Å². The molecule has 4 heteroatoms. The van der Waals surface area contributed by atoms with E-state index in [2.05, 4.69) is 20.8 Å². The summed E-state index contributed by atoms with van der Waals surface area (Å²) < 4.78 is 11.0. The van der Waals surface area contributed by atoms with Crippen LogP contribution in [0.1, 0.15) is 136 Å². The first-order valence-corrected chi connectivity index (χ1v) is 12.9. The maximum absolute atomic E-state index is 12.0. The van der Waals surface area contributed by atoms with E-state index >= 15 is 0 Å². The minimum atomic E-state index is -0.107. The second-order valence-electron chi connectivity index (χ2n) is 8.76. The van der Waals surface area contributed by atoms with E-state index < -0.39 is 0 Å². The SMILES string of the molecule is CCCCCCCC(=O)OCC(CCCCCCC)COC(=O)CCCCCCC. The van der Waals surface area contributed by atoms with Crippen molar-refractivity contribution in [3.8, 4) is 0 Å². The fourth-order valence-electron chi connectivity index (χ4n) is 3.56. The van der Waals surface area contributed by atoms with Gasteiger partial charge in [0.05, 0.1) is 13.2 Å². The van der Waals surface area contributed by atoms with Gasteiger partial charge in [-0.3, -0.25) is 9.59 Å². The van der Waals surface area contributed by atoms with Crippen molar-refractivity contribution in [3.63, 3.8) is 0 Å². The Morgan fingerprint density at radius 1 is 0.533 bits per heavy atom. The number of hydrogen-bond donors (Lipinski definition) is 0. The molecule has 0 aromatic rings. The molecule has 0 rings (SSSR count). The number of carbonyl (C=O) groups is 2. The van der Waals surface area contributed by atoms with Crippen LogP contribution in [0.4, 0.5) is 0 Å². The molecule has 0 amide bonds. The summed E-state index contributed by atoms with van der Waals surface area (Å²) in [5.74, 6) is -0.0887. The predicted octanol–water partition coefficient (Wildman–Crippen LogP) is 7.77. The van der Waals surface area contributed by atoms with Gasteiger partial charge in [0.2, 0.25) is 0 Å². The highest BCUT2D eigenvalue weighted by atomic mass is 16.5. The number of esters is 2. The van der Waals surface area contributed by atoms with E-state index in [1.165, 1.54) is 64.2 Å². The van der Waals surface area contributed by atoms with Gasteiger partial charge in [-0.25, -0.2) is 0 Å². The second kappa shape index (κ2) is 22.6. The van der Waals surface area contributed by atoms with Crippen LogP contribution in [0.15, 0.2) is 0 Å². The van der Waals surface area contributed by atoms with Gasteiger partial charge in [0, 0.05) is 18.8 Å². The van der Waals surface area contributed by atoms with E-state index in [0.717, 1.165) is 38.5 Å². The van der Waals surface area contributed by atoms with Crippen LogP contribution in [-0.4, -0.2) is 25.2 Å². The van der Waals surface area contributed by atoms with E-state index in [0.29, 0.717) is 26.1 Å². The van der Waals surface area contributed by atoms with Crippen LogP contribution < -0.4 is 0 Å². The molecule has 178 valence electrons. The number of ether oxygens (including phenoxy) is 2. The van der Waals surface area contributed by atoms with Gasteiger partial charge in [-0.1, -0.05) is 104 Å². The monoisotopic (exact) mass is 426 g/mol. The topological polar surface area (TPSA) is 52.6 Å². The molecular formula is C26H50O4. The van der Waals surface area contributed by atoms with E-state index in [4.69, 9.17) is 9.47 Å². The van der Waals surface area contributed by atoms with Crippen LogP contribution in [0.3, 0.4) is 0 Å². The number of rotatable bonds is 22. The number of hydrogen-bond acceptors (Lipinski definition) is 4. The Morgan fingerprint density at radius 3 is 1.30 bits per heavy atom. The molecule has 0 unspecified atom stereocenters. The highest BCUT2D eigenvalue weighted by molar-refractivity contribution is 5.69. The zero-order valence-electron chi connectivity index (χ0n) is 20.4. The third-order valence-electron chi connectivity index (χ3n) is 5.64. The Kier molecular flexibility index (Phi) is 21.8. The molecule has 0 aliphatic heterocycles. The van der Waals surface area contributed by atoms with Crippen molar-refractivity contribution in [2.24, 2.45) is 5.92 Å². The summed E-state index contributed by atoms with van der Waals surface area (Å²) in [6, 6.07) is 0. The lowest BCUT2D eigenvalue weighted by Crippen LogP contribution is -2.21. The summed E-state index contributed by atoms with van der Waals surface area (Å²) in [6.45, 7) is 7.36. The largest absolute Gasteiger partial charge is 0.465 e. The van der Waals surface area contributed by atoms with Crippen LogP contribution in [0.25, 0.3) is 0 Å². The Bertz CT molecular complexity index is 364. The molecule has 30 heavy (non-hydrogen) atoms. The zero-order chi connectivity index (χ0) is 22.3. The molecule has 0 atom stereocenters. The smallest absolute Gasteiger partial charge is 0.305 e. The summed E-state index contributed by atoms with van der Waals surface area (Å²) in [5, 5.41) is 0. The summed E-state index contributed by atoms with van der Waals surface area (Å²) >= 11 is 0. The van der Waals surface area contributed by atoms with Gasteiger partial charge in [0.15, 0.2) is 0 Å². The quantitative estimate of drug-likeness (QED) is 0.131. The maximum Gasteiger partial charge on any atom is 0.305 e. The molecular weight excluding hydrogens is 376 g/mol. The fourth-order valence-corrected chi connectivity index (χ4v) is 3.56. The van der Waals surface area contributed by atoms with Crippen LogP contribution in [-0.2, 0) is 19.1 Å². The third-order valence-corrected chi connectivity index (χ3v) is 5.64. The molecule has 0 saturated heterocycles. The Labute approximate surface area is 186 Å². The van der Waals surface area contributed by atoms with E-state index in [-0.39, 0.29) is 17.9 Å². The van der Waals surface area contributed by atoms with E-state index in [9.17, 15) is 9.59 Å². The summed E-state index contributed by atoms with van der Waals surface area (Å²) in [4.78, 5) is 24.1. The average Bonchev–Trinajstić information content (AvgIpc) is 2.74. The van der Waals surface area contributed by atoms with Gasteiger partial charge in [-0.2, -0.15) is 0 Å². The lowest BCUT2D eigenvalue weighted by Gasteiger charge is -2.17. The molecule has 0 saturated carbocycles. The molecule has 0 aromatic heterocycles. The Morgan fingerprint density at radius 2 is 0.900 bits per heavy atom. The molecule has 0 aliphatic rings. The minimum absolute atomic E-state index is 0.107. The summed E-state index contributed by atoms with van der Waals surface area (Å²) in [6.07, 6.45) is 19.3. The Balaban J connectivity index is 4.13. The second-order valence-corrected chi connectivity index (χ2v) is 8.76. The van der Waals surface area contributed by atoms with Crippen LogP contribution in [0, 0.1) is 5.92 Å². The van der Waals surface area contributed by atoms with Gasteiger partial charge in [-0.15, -0.1) is 0 Å². The van der Waals surface area contributed by atoms with Crippen molar-refractivity contribution in [2.45, 2.75) is 136 Å². The van der Waals surface area contributed by atoms with Crippen LogP contribution >= 0.6 is 0 Å². The molecule has 0 aromatic carbocycles. The molecule has 0 bridgehead atoms. The van der Waals surface area contributed by atoms with Crippen molar-refractivity contribution in [3.05, 3.63) is 0 Å². The third kappa shape index (κ3) is 20.2. The first-order valence-electron chi connectivity index (χ1n) is 12.9. The van der Waals surface area contributed by atoms with Gasteiger partial charge >= 0.3 is 11.9 Å². The van der Waals surface area contributed by atoms with Gasteiger partial charge in [-0.05, 0) is 19.3 Å². The number of unbranched alkanes of at least 4 members (excludes halogenated alkanes) is 12. The molecule has 0 N–H and O–H groups in total. The fraction of sp³-hybridized carbons (Fsp3) is 0.923. The summed E-state index contributed by atoms with van der Waals surface area (Å²) in [7, 11) is 0. The van der Waals surface area contributed by atoms with Gasteiger partial charge in [0.25, 0.3) is 0 Å². The van der Waals surface area contributed by atoms with Crippen molar-refractivity contribution >= 4 is 11.9 Å². The zero-order valence-corrected chi connectivity index (χ0v) is 20.4. The molecule has 4 nitrogen and oxygen atoms in total. The lowest BCUT2D eigenvalue weighted by atomic mass is 10.0. The molecule has 0 aliphatic carbocycles. The highest BCUT2D eigenvalue weighted by Crippen LogP contribution is 2.15. The lowest BCUT2D eigenvalue weighted by molar-refractivity contribution is -0.149. The summed E-state index contributed by atoms with van der Waals surface area (Å²) in [5.41, 5.74) is 0. The normalized spacial score (nSPS) is 11.1. The standard InChI is InChI=1S/C26H50O4/c1-4-7-10-13-16-19-24(22-29-25(27)20-17-14-11-8-5-2)23-30-26(28)21-18-15-12-9-6-3/h24H,4-23H2,1-3H3. The van der Waals surface area contributed by atoms with E-state index in [1.807, 2.05) is 0 Å². The maximum atomic E-state index is 12.0. The Hall–Kier alpha value is -1.06. The first-order chi connectivity index (χ1) is 14.6. The van der Waals surface area contributed by atoms with Crippen LogP contribution in [0.2, 0.25) is 0 Å². The molecule has 0 fully saturated rings. The number of carbonyl (C=O) groups excluding carboxylic acids is 2. The highest BCUT2D eigenvalue weighted by Gasteiger charge is 2.15.